The molecule has 1 aromatic heterocycles. The van der Waals surface area contributed by atoms with Gasteiger partial charge in [0.1, 0.15) is 0 Å². The summed E-state index contributed by atoms with van der Waals surface area (Å²) >= 11 is 0. The second-order valence-electron chi connectivity index (χ2n) is 5.83. The lowest BCUT2D eigenvalue weighted by Gasteiger charge is -2.13. The van der Waals surface area contributed by atoms with Gasteiger partial charge in [-0.2, -0.15) is 0 Å². The molecule has 0 saturated heterocycles. The van der Waals surface area contributed by atoms with Crippen LogP contribution in [0.5, 0.6) is 11.5 Å². The molecule has 0 atom stereocenters. The van der Waals surface area contributed by atoms with E-state index in [1.165, 1.54) is 4.57 Å². The molecule has 0 fully saturated rings. The number of rotatable bonds is 7. The van der Waals surface area contributed by atoms with Crippen LogP contribution in [0.15, 0.2) is 52.1 Å². The van der Waals surface area contributed by atoms with Crippen molar-refractivity contribution in [1.82, 2.24) is 9.55 Å². The number of hydrogen-bond donors (Lipinski definition) is 1. The van der Waals surface area contributed by atoms with Crippen molar-refractivity contribution in [3.63, 3.8) is 0 Å². The Morgan fingerprint density at radius 1 is 0.962 bits per heavy atom. The lowest BCUT2D eigenvalue weighted by atomic mass is 10.1. The second kappa shape index (κ2) is 7.91. The molecule has 0 aliphatic rings. The molecular formula is C20H22N2O4. The minimum absolute atomic E-state index is 0.311. The van der Waals surface area contributed by atoms with Crippen LogP contribution in [0.2, 0.25) is 0 Å². The Bertz CT molecular complexity index is 1010. The zero-order valence-electron chi connectivity index (χ0n) is 15.0. The van der Waals surface area contributed by atoms with Crippen LogP contribution in [-0.2, 0) is 13.0 Å². The standard InChI is InChI=1S/C20H22N2O4/c1-3-25-17-12-15-16(13-18(17)26-4-2)21-20(24)22(19(15)23)11-10-14-8-6-5-7-9-14/h5-9,12-13H,3-4,10-11H2,1-2H3,(H,21,24). The molecule has 0 saturated carbocycles. The van der Waals surface area contributed by atoms with Gasteiger partial charge < -0.3 is 14.5 Å². The molecule has 3 rings (SSSR count). The zero-order valence-corrected chi connectivity index (χ0v) is 15.0. The van der Waals surface area contributed by atoms with Gasteiger partial charge in [-0.25, -0.2) is 4.79 Å². The molecule has 3 aromatic rings. The first-order chi connectivity index (χ1) is 12.6. The summed E-state index contributed by atoms with van der Waals surface area (Å²) in [4.78, 5) is 28.0. The van der Waals surface area contributed by atoms with Crippen LogP contribution in [0, 0.1) is 0 Å². The Kier molecular flexibility index (Phi) is 5.41. The quantitative estimate of drug-likeness (QED) is 0.708. The van der Waals surface area contributed by atoms with E-state index in [1.807, 2.05) is 44.2 Å². The first-order valence-electron chi connectivity index (χ1n) is 8.74. The minimum Gasteiger partial charge on any atom is -0.490 e. The first-order valence-corrected chi connectivity index (χ1v) is 8.74. The largest absolute Gasteiger partial charge is 0.490 e. The van der Waals surface area contributed by atoms with Crippen LogP contribution in [-0.4, -0.2) is 22.8 Å². The predicted molar refractivity (Wildman–Crippen MR) is 101 cm³/mol. The molecule has 26 heavy (non-hydrogen) atoms. The Labute approximate surface area is 151 Å². The van der Waals surface area contributed by atoms with Crippen LogP contribution in [0.1, 0.15) is 19.4 Å². The number of nitrogens with zero attached hydrogens (tertiary/aromatic N) is 1. The lowest BCUT2D eigenvalue weighted by Crippen LogP contribution is -2.35. The molecule has 1 heterocycles. The summed E-state index contributed by atoms with van der Waals surface area (Å²) in [6.07, 6.45) is 0.602. The van der Waals surface area contributed by atoms with E-state index in [2.05, 4.69) is 4.98 Å². The SMILES string of the molecule is CCOc1cc2[nH]c(=O)n(CCc3ccccc3)c(=O)c2cc1OCC. The van der Waals surface area contributed by atoms with Gasteiger partial charge >= 0.3 is 5.69 Å². The molecule has 0 unspecified atom stereocenters. The molecule has 0 bridgehead atoms. The Morgan fingerprint density at radius 3 is 2.27 bits per heavy atom. The van der Waals surface area contributed by atoms with Crippen LogP contribution in [0.3, 0.4) is 0 Å². The third-order valence-electron chi connectivity index (χ3n) is 4.11. The van der Waals surface area contributed by atoms with Crippen molar-refractivity contribution in [2.75, 3.05) is 13.2 Å². The van der Waals surface area contributed by atoms with Crippen molar-refractivity contribution in [3.05, 3.63) is 68.9 Å². The normalized spacial score (nSPS) is 10.8. The summed E-state index contributed by atoms with van der Waals surface area (Å²) in [5, 5.41) is 0.407. The summed E-state index contributed by atoms with van der Waals surface area (Å²) in [6.45, 7) is 4.96. The maximum absolute atomic E-state index is 12.8. The third-order valence-corrected chi connectivity index (χ3v) is 4.11. The van der Waals surface area contributed by atoms with E-state index in [0.29, 0.717) is 48.6 Å². The van der Waals surface area contributed by atoms with Crippen molar-refractivity contribution in [2.24, 2.45) is 0 Å². The highest BCUT2D eigenvalue weighted by molar-refractivity contribution is 5.81. The van der Waals surface area contributed by atoms with E-state index in [9.17, 15) is 9.59 Å². The summed E-state index contributed by atoms with van der Waals surface area (Å²) in [5.41, 5.74) is 0.761. The van der Waals surface area contributed by atoms with Crippen molar-refractivity contribution in [2.45, 2.75) is 26.8 Å². The number of fused-ring (bicyclic) bond motifs is 1. The van der Waals surface area contributed by atoms with Gasteiger partial charge in [0.15, 0.2) is 11.5 Å². The van der Waals surface area contributed by atoms with E-state index in [0.717, 1.165) is 5.56 Å². The third kappa shape index (κ3) is 3.64. The molecule has 2 aromatic carbocycles. The molecule has 0 aliphatic carbocycles. The highest BCUT2D eigenvalue weighted by atomic mass is 16.5. The van der Waals surface area contributed by atoms with E-state index < -0.39 is 5.69 Å². The van der Waals surface area contributed by atoms with Gasteiger partial charge in [-0.05, 0) is 31.9 Å². The van der Waals surface area contributed by atoms with Crippen molar-refractivity contribution in [1.29, 1.82) is 0 Å². The topological polar surface area (TPSA) is 73.3 Å². The molecule has 136 valence electrons. The molecule has 6 heteroatoms. The highest BCUT2D eigenvalue weighted by Crippen LogP contribution is 2.30. The number of aromatic amines is 1. The molecule has 0 radical (unpaired) electrons. The van der Waals surface area contributed by atoms with Crippen LogP contribution < -0.4 is 20.7 Å². The summed E-state index contributed by atoms with van der Waals surface area (Å²) < 4.78 is 12.4. The predicted octanol–water partition coefficient (Wildman–Crippen LogP) is 2.73. The Morgan fingerprint density at radius 2 is 1.62 bits per heavy atom. The average molecular weight is 354 g/mol. The summed E-state index contributed by atoms with van der Waals surface area (Å²) in [7, 11) is 0. The van der Waals surface area contributed by atoms with Crippen molar-refractivity contribution < 1.29 is 9.47 Å². The number of hydrogen-bond acceptors (Lipinski definition) is 4. The van der Waals surface area contributed by atoms with Gasteiger partial charge in [-0.15, -0.1) is 0 Å². The fourth-order valence-corrected chi connectivity index (χ4v) is 2.89. The van der Waals surface area contributed by atoms with Crippen molar-refractivity contribution >= 4 is 10.9 Å². The number of H-pyrrole nitrogens is 1. The molecule has 0 aliphatic heterocycles. The second-order valence-corrected chi connectivity index (χ2v) is 5.83. The van der Waals surface area contributed by atoms with E-state index in [4.69, 9.17) is 9.47 Å². The average Bonchev–Trinajstić information content (AvgIpc) is 2.64. The molecular weight excluding hydrogens is 332 g/mol. The van der Waals surface area contributed by atoms with E-state index in [-0.39, 0.29) is 5.56 Å². The Balaban J connectivity index is 2.04. The molecule has 0 amide bonds. The van der Waals surface area contributed by atoms with E-state index in [1.54, 1.807) is 12.1 Å². The maximum Gasteiger partial charge on any atom is 0.328 e. The van der Waals surface area contributed by atoms with Gasteiger partial charge in [-0.3, -0.25) is 9.36 Å². The Hall–Kier alpha value is -3.02. The maximum atomic E-state index is 12.8. The number of ether oxygens (including phenoxy) is 2. The van der Waals surface area contributed by atoms with Gasteiger partial charge in [-0.1, -0.05) is 30.3 Å². The highest BCUT2D eigenvalue weighted by Gasteiger charge is 2.13. The van der Waals surface area contributed by atoms with Gasteiger partial charge in [0.05, 0.1) is 24.1 Å². The number of aromatic nitrogens is 2. The zero-order chi connectivity index (χ0) is 18.5. The van der Waals surface area contributed by atoms with E-state index >= 15 is 0 Å². The van der Waals surface area contributed by atoms with Crippen LogP contribution >= 0.6 is 0 Å². The lowest BCUT2D eigenvalue weighted by molar-refractivity contribution is 0.288. The number of benzene rings is 2. The number of aryl methyl sites for hydroxylation is 1. The fraction of sp³-hybridized carbons (Fsp3) is 0.300. The minimum atomic E-state index is -0.426. The molecule has 6 nitrogen and oxygen atoms in total. The van der Waals surface area contributed by atoms with Gasteiger partial charge in [0, 0.05) is 12.6 Å². The first kappa shape index (κ1) is 17.8. The summed E-state index contributed by atoms with van der Waals surface area (Å²) in [6, 6.07) is 13.0. The van der Waals surface area contributed by atoms with Crippen LogP contribution in [0.4, 0.5) is 0 Å². The molecule has 1 N–H and O–H groups in total. The summed E-state index contributed by atoms with van der Waals surface area (Å²) in [5.74, 6) is 1.01. The van der Waals surface area contributed by atoms with Crippen LogP contribution in [0.25, 0.3) is 10.9 Å². The fourth-order valence-electron chi connectivity index (χ4n) is 2.89. The number of nitrogens with one attached hydrogen (secondary N) is 1. The van der Waals surface area contributed by atoms with Gasteiger partial charge in [0.2, 0.25) is 0 Å². The van der Waals surface area contributed by atoms with Crippen molar-refractivity contribution in [3.8, 4) is 11.5 Å². The smallest absolute Gasteiger partial charge is 0.328 e. The monoisotopic (exact) mass is 354 g/mol. The molecule has 0 spiro atoms. The van der Waals surface area contributed by atoms with Gasteiger partial charge in [0.25, 0.3) is 5.56 Å².